The predicted octanol–water partition coefficient (Wildman–Crippen LogP) is 6.31. The summed E-state index contributed by atoms with van der Waals surface area (Å²) >= 11 is 12.5. The number of halogens is 3. The predicted molar refractivity (Wildman–Crippen MR) is 167 cm³/mol. The van der Waals surface area contributed by atoms with Gasteiger partial charge < -0.3 is 15.0 Å². The second kappa shape index (κ2) is 15.4. The zero-order chi connectivity index (χ0) is 31.7. The van der Waals surface area contributed by atoms with Gasteiger partial charge in [0, 0.05) is 23.1 Å². The average molecular weight is 653 g/mol. The largest absolute Gasteiger partial charge is 0.494 e. The number of amides is 2. The van der Waals surface area contributed by atoms with E-state index in [-0.39, 0.29) is 35.4 Å². The zero-order valence-electron chi connectivity index (χ0n) is 24.5. The summed E-state index contributed by atoms with van der Waals surface area (Å²) in [4.78, 5) is 28.6. The highest BCUT2D eigenvalue weighted by Crippen LogP contribution is 2.28. The first kappa shape index (κ1) is 34.2. The molecule has 1 N–H and O–H groups in total. The first-order valence-corrected chi connectivity index (χ1v) is 16.1. The third kappa shape index (κ3) is 9.08. The van der Waals surface area contributed by atoms with Crippen LogP contribution in [-0.2, 0) is 26.2 Å². The Morgan fingerprint density at radius 3 is 2.19 bits per heavy atom. The number of hydrogen-bond donors (Lipinski definition) is 1. The molecule has 0 saturated carbocycles. The molecule has 0 spiro atoms. The molecule has 12 heteroatoms. The highest BCUT2D eigenvalue weighted by atomic mass is 35.5. The van der Waals surface area contributed by atoms with Gasteiger partial charge in [0.05, 0.1) is 17.2 Å². The monoisotopic (exact) mass is 651 g/mol. The fraction of sp³-hybridized carbons (Fsp3) is 0.355. The first-order chi connectivity index (χ1) is 20.4. The molecule has 0 heterocycles. The van der Waals surface area contributed by atoms with Crippen molar-refractivity contribution in [3.8, 4) is 5.75 Å². The molecule has 0 aromatic heterocycles. The molecule has 0 saturated heterocycles. The van der Waals surface area contributed by atoms with E-state index in [1.54, 1.807) is 19.1 Å². The number of carbonyl (C=O) groups is 2. The van der Waals surface area contributed by atoms with E-state index < -0.39 is 34.3 Å². The molecule has 0 fully saturated rings. The van der Waals surface area contributed by atoms with Gasteiger partial charge in [-0.1, -0.05) is 50.0 Å². The lowest BCUT2D eigenvalue weighted by molar-refractivity contribution is -0.140. The van der Waals surface area contributed by atoms with Crippen molar-refractivity contribution in [3.63, 3.8) is 0 Å². The van der Waals surface area contributed by atoms with E-state index in [0.29, 0.717) is 34.5 Å². The summed E-state index contributed by atoms with van der Waals surface area (Å²) in [7, 11) is -4.32. The van der Waals surface area contributed by atoms with Crippen molar-refractivity contribution >= 4 is 50.7 Å². The lowest BCUT2D eigenvalue weighted by atomic mass is 10.1. The molecule has 0 aliphatic rings. The molecule has 3 aromatic rings. The van der Waals surface area contributed by atoms with Gasteiger partial charge in [-0.3, -0.25) is 13.9 Å². The maximum Gasteiger partial charge on any atom is 0.264 e. The van der Waals surface area contributed by atoms with Crippen LogP contribution in [0.4, 0.5) is 10.1 Å². The van der Waals surface area contributed by atoms with Crippen molar-refractivity contribution in [3.05, 3.63) is 88.2 Å². The number of sulfonamides is 1. The lowest BCUT2D eigenvalue weighted by Crippen LogP contribution is -2.52. The van der Waals surface area contributed by atoms with Gasteiger partial charge in [0.1, 0.15) is 24.2 Å². The van der Waals surface area contributed by atoms with E-state index >= 15 is 0 Å². The third-order valence-corrected chi connectivity index (χ3v) is 8.92. The Morgan fingerprint density at radius 1 is 0.977 bits per heavy atom. The Morgan fingerprint density at radius 2 is 1.63 bits per heavy atom. The quantitative estimate of drug-likeness (QED) is 0.221. The molecule has 0 unspecified atom stereocenters. The van der Waals surface area contributed by atoms with Crippen LogP contribution in [0.15, 0.2) is 71.6 Å². The van der Waals surface area contributed by atoms with Gasteiger partial charge in [-0.2, -0.15) is 0 Å². The van der Waals surface area contributed by atoms with Gasteiger partial charge in [0.25, 0.3) is 10.0 Å². The molecule has 8 nitrogen and oxygen atoms in total. The Balaban J connectivity index is 2.06. The molecule has 3 rings (SSSR count). The normalized spacial score (nSPS) is 12.1. The van der Waals surface area contributed by atoms with Crippen LogP contribution in [0.2, 0.25) is 10.0 Å². The summed E-state index contributed by atoms with van der Waals surface area (Å²) in [6.45, 7) is 7.52. The molecule has 43 heavy (non-hydrogen) atoms. The van der Waals surface area contributed by atoms with Crippen molar-refractivity contribution in [2.24, 2.45) is 5.92 Å². The number of nitrogens with zero attached hydrogens (tertiary/aromatic N) is 2. The van der Waals surface area contributed by atoms with Crippen molar-refractivity contribution in [2.75, 3.05) is 24.0 Å². The highest BCUT2D eigenvalue weighted by Gasteiger charge is 2.34. The van der Waals surface area contributed by atoms with Crippen LogP contribution in [0.25, 0.3) is 0 Å². The van der Waals surface area contributed by atoms with Crippen LogP contribution >= 0.6 is 23.2 Å². The second-order valence-corrected chi connectivity index (χ2v) is 12.9. The molecule has 2 amide bonds. The minimum absolute atomic E-state index is 0.0745. The van der Waals surface area contributed by atoms with Gasteiger partial charge in [-0.15, -0.1) is 0 Å². The van der Waals surface area contributed by atoms with Crippen molar-refractivity contribution < 1.29 is 27.1 Å². The van der Waals surface area contributed by atoms with Gasteiger partial charge in [0.15, 0.2) is 0 Å². The molecule has 0 radical (unpaired) electrons. The van der Waals surface area contributed by atoms with Gasteiger partial charge in [0.2, 0.25) is 11.8 Å². The van der Waals surface area contributed by atoms with Crippen LogP contribution < -0.4 is 14.4 Å². The first-order valence-electron chi connectivity index (χ1n) is 13.9. The lowest BCUT2D eigenvalue weighted by Gasteiger charge is -2.33. The Kier molecular flexibility index (Phi) is 12.2. The van der Waals surface area contributed by atoms with Gasteiger partial charge in [-0.25, -0.2) is 12.8 Å². The molecule has 1 atom stereocenters. The maximum atomic E-state index is 14.1. The molecule has 0 bridgehead atoms. The van der Waals surface area contributed by atoms with E-state index in [1.807, 2.05) is 20.8 Å². The summed E-state index contributed by atoms with van der Waals surface area (Å²) in [6.07, 6.45) is 0.253. The number of benzene rings is 3. The smallest absolute Gasteiger partial charge is 0.264 e. The van der Waals surface area contributed by atoms with E-state index in [4.69, 9.17) is 27.9 Å². The topological polar surface area (TPSA) is 96.0 Å². The van der Waals surface area contributed by atoms with Crippen molar-refractivity contribution in [2.45, 2.75) is 51.6 Å². The maximum absolute atomic E-state index is 14.1. The third-order valence-electron chi connectivity index (χ3n) is 6.54. The van der Waals surface area contributed by atoms with Gasteiger partial charge >= 0.3 is 0 Å². The number of rotatable bonds is 14. The molecule has 232 valence electrons. The molecule has 0 aliphatic heterocycles. The van der Waals surface area contributed by atoms with E-state index in [1.165, 1.54) is 47.4 Å². The Hall–Kier alpha value is -3.34. The minimum Gasteiger partial charge on any atom is -0.494 e. The van der Waals surface area contributed by atoms with Crippen LogP contribution in [0.1, 0.15) is 39.7 Å². The summed E-state index contributed by atoms with van der Waals surface area (Å²) in [5, 5.41) is 3.56. The summed E-state index contributed by atoms with van der Waals surface area (Å²) in [5.41, 5.74) is 0.600. The fourth-order valence-corrected chi connectivity index (χ4v) is 6.20. The Labute approximate surface area is 262 Å². The second-order valence-electron chi connectivity index (χ2n) is 10.2. The number of carbonyl (C=O) groups excluding carboxylic acids is 2. The standard InChI is InChI=1S/C31H36Cl2FN3O5S/c1-5-29(31(39)35-18-21(3)4)36(19-22-7-8-23(32)17-28(22)33)30(38)20-37(25-11-9-24(34)10-12-25)43(40,41)27-15-13-26(14-16-27)42-6-2/h7-17,21,29H,5-6,18-20H2,1-4H3,(H,35,39)/t29-/m0/s1. The number of anilines is 1. The SMILES string of the molecule is CCOc1ccc(S(=O)(=O)N(CC(=O)N(Cc2ccc(Cl)cc2Cl)[C@@H](CC)C(=O)NCC(C)C)c2ccc(F)cc2)cc1. The fourth-order valence-electron chi connectivity index (χ4n) is 4.31. The molecular formula is C31H36Cl2FN3O5S. The van der Waals surface area contributed by atoms with E-state index in [2.05, 4.69) is 5.32 Å². The van der Waals surface area contributed by atoms with Crippen molar-refractivity contribution in [1.82, 2.24) is 10.2 Å². The van der Waals surface area contributed by atoms with E-state index in [0.717, 1.165) is 16.4 Å². The summed E-state index contributed by atoms with van der Waals surface area (Å²) in [6, 6.07) is 14.4. The van der Waals surface area contributed by atoms with Crippen molar-refractivity contribution in [1.29, 1.82) is 0 Å². The highest BCUT2D eigenvalue weighted by molar-refractivity contribution is 7.92. The number of nitrogens with one attached hydrogen (secondary N) is 1. The molecule has 3 aromatic carbocycles. The molecule has 0 aliphatic carbocycles. The van der Waals surface area contributed by atoms with Crippen LogP contribution in [0.5, 0.6) is 5.75 Å². The van der Waals surface area contributed by atoms with Crippen LogP contribution in [0.3, 0.4) is 0 Å². The Bertz CT molecular complexity index is 1500. The summed E-state index contributed by atoms with van der Waals surface area (Å²) < 4.78 is 48.1. The van der Waals surface area contributed by atoms with E-state index in [9.17, 15) is 22.4 Å². The zero-order valence-corrected chi connectivity index (χ0v) is 26.8. The van der Waals surface area contributed by atoms with Gasteiger partial charge in [-0.05, 0) is 85.5 Å². The van der Waals surface area contributed by atoms with Crippen LogP contribution in [0, 0.1) is 11.7 Å². The number of ether oxygens (including phenoxy) is 1. The number of hydrogen-bond acceptors (Lipinski definition) is 5. The van der Waals surface area contributed by atoms with Crippen LogP contribution in [-0.4, -0.2) is 50.9 Å². The molecular weight excluding hydrogens is 616 g/mol. The average Bonchev–Trinajstić information content (AvgIpc) is 2.96. The minimum atomic E-state index is -4.32. The summed E-state index contributed by atoms with van der Waals surface area (Å²) in [5.74, 6) is -0.950.